The highest BCUT2D eigenvalue weighted by Crippen LogP contribution is 2.36. The maximum Gasteiger partial charge on any atom is 0.418 e. The van der Waals surface area contributed by atoms with Gasteiger partial charge in [0.05, 0.1) is 11.3 Å². The third kappa shape index (κ3) is 7.55. The third-order valence-corrected chi connectivity index (χ3v) is 3.13. The van der Waals surface area contributed by atoms with E-state index in [9.17, 15) is 27.6 Å². The lowest BCUT2D eigenvalue weighted by Crippen LogP contribution is -2.47. The Morgan fingerprint density at radius 2 is 1.67 bits per heavy atom. The van der Waals surface area contributed by atoms with Gasteiger partial charge in [0.25, 0.3) is 0 Å². The number of hydrogen-bond acceptors (Lipinski definition) is 3. The summed E-state index contributed by atoms with van der Waals surface area (Å²) < 4.78 is 39.8. The second-order valence-electron chi connectivity index (χ2n) is 7.02. The van der Waals surface area contributed by atoms with Gasteiger partial charge in [-0.05, 0) is 39.0 Å². The van der Waals surface area contributed by atoms with E-state index in [2.05, 4.69) is 16.0 Å². The number of hydrogen-bond donors (Lipinski definition) is 3. The van der Waals surface area contributed by atoms with Crippen LogP contribution in [0.3, 0.4) is 0 Å². The van der Waals surface area contributed by atoms with E-state index < -0.39 is 40.8 Å². The normalized spacial score (nSPS) is 11.6. The Morgan fingerprint density at radius 1 is 1.07 bits per heavy atom. The first-order valence-electron chi connectivity index (χ1n) is 8.01. The molecule has 0 atom stereocenters. The highest BCUT2D eigenvalue weighted by molar-refractivity contribution is 5.94. The Kier molecular flexibility index (Phi) is 6.82. The smallest absolute Gasteiger partial charge is 0.350 e. The highest BCUT2D eigenvalue weighted by atomic mass is 19.4. The Hall–Kier alpha value is -2.78. The molecule has 0 radical (unpaired) electrons. The number of nitrogens with one attached hydrogen (secondary N) is 3. The number of amides is 4. The van der Waals surface area contributed by atoms with Crippen LogP contribution in [0.15, 0.2) is 18.2 Å². The number of carbonyl (C=O) groups is 3. The molecule has 0 bridgehead atoms. The average molecular weight is 388 g/mol. The Balaban J connectivity index is 2.94. The molecule has 0 fully saturated rings. The number of rotatable bonds is 4. The molecule has 0 heterocycles. The van der Waals surface area contributed by atoms with E-state index in [4.69, 9.17) is 0 Å². The van der Waals surface area contributed by atoms with Crippen LogP contribution in [0, 0.1) is 0 Å². The van der Waals surface area contributed by atoms with Gasteiger partial charge in [0.2, 0.25) is 11.8 Å². The molecular weight excluding hydrogens is 365 g/mol. The van der Waals surface area contributed by atoms with Crippen LogP contribution < -0.4 is 16.0 Å². The molecular formula is C17H23F3N4O3. The van der Waals surface area contributed by atoms with Crippen LogP contribution >= 0.6 is 0 Å². The number of carbonyl (C=O) groups excluding carboxylic acids is 3. The molecule has 10 heteroatoms. The lowest BCUT2D eigenvalue weighted by molar-refractivity contribution is -0.137. The molecule has 0 spiro atoms. The fourth-order valence-corrected chi connectivity index (χ4v) is 2.12. The number of anilines is 2. The second kappa shape index (κ2) is 8.28. The van der Waals surface area contributed by atoms with Crippen LogP contribution in [0.2, 0.25) is 0 Å². The monoisotopic (exact) mass is 388 g/mol. The van der Waals surface area contributed by atoms with Crippen molar-refractivity contribution in [2.45, 2.75) is 39.4 Å². The fourth-order valence-electron chi connectivity index (χ4n) is 2.12. The summed E-state index contributed by atoms with van der Waals surface area (Å²) in [7, 11) is 1.29. The first-order chi connectivity index (χ1) is 12.2. The van der Waals surface area contributed by atoms with Crippen LogP contribution in [0.1, 0.15) is 33.3 Å². The van der Waals surface area contributed by atoms with Crippen molar-refractivity contribution in [3.05, 3.63) is 23.8 Å². The Labute approximate surface area is 155 Å². The van der Waals surface area contributed by atoms with E-state index in [1.807, 2.05) is 0 Å². The van der Waals surface area contributed by atoms with E-state index in [1.54, 1.807) is 20.8 Å². The van der Waals surface area contributed by atoms with Gasteiger partial charge in [-0.25, -0.2) is 4.79 Å². The van der Waals surface area contributed by atoms with E-state index in [1.165, 1.54) is 20.0 Å². The average Bonchev–Trinajstić information content (AvgIpc) is 2.44. The van der Waals surface area contributed by atoms with Crippen molar-refractivity contribution in [1.29, 1.82) is 0 Å². The molecule has 4 amide bonds. The lowest BCUT2D eigenvalue weighted by Gasteiger charge is -2.24. The predicted octanol–water partition coefficient (Wildman–Crippen LogP) is 3.04. The molecule has 27 heavy (non-hydrogen) atoms. The second-order valence-corrected chi connectivity index (χ2v) is 7.02. The van der Waals surface area contributed by atoms with Crippen LogP contribution in [0.5, 0.6) is 0 Å². The molecule has 1 aromatic carbocycles. The van der Waals surface area contributed by atoms with Crippen LogP contribution in [-0.4, -0.2) is 41.9 Å². The molecule has 0 aliphatic carbocycles. The summed E-state index contributed by atoms with van der Waals surface area (Å²) in [6.45, 7) is 6.13. The molecule has 7 nitrogen and oxygen atoms in total. The van der Waals surface area contributed by atoms with Crippen LogP contribution in [0.25, 0.3) is 0 Å². The van der Waals surface area contributed by atoms with Gasteiger partial charge in [-0.1, -0.05) is 0 Å². The van der Waals surface area contributed by atoms with Crippen LogP contribution in [0.4, 0.5) is 29.3 Å². The quantitative estimate of drug-likeness (QED) is 0.741. The minimum atomic E-state index is -4.75. The fraction of sp³-hybridized carbons (Fsp3) is 0.471. The van der Waals surface area contributed by atoms with E-state index in [-0.39, 0.29) is 12.2 Å². The van der Waals surface area contributed by atoms with Gasteiger partial charge >= 0.3 is 12.2 Å². The summed E-state index contributed by atoms with van der Waals surface area (Å²) in [5.41, 5.74) is -2.15. The minimum absolute atomic E-state index is 0.0502. The van der Waals surface area contributed by atoms with Gasteiger partial charge in [-0.2, -0.15) is 13.2 Å². The number of halogens is 3. The van der Waals surface area contributed by atoms with Gasteiger partial charge in [-0.3, -0.25) is 9.59 Å². The summed E-state index contributed by atoms with van der Waals surface area (Å²) in [5, 5.41) is 7.04. The molecule has 3 N–H and O–H groups in total. The van der Waals surface area contributed by atoms with Crippen molar-refractivity contribution < 1.29 is 27.6 Å². The number of alkyl halides is 3. The largest absolute Gasteiger partial charge is 0.418 e. The topological polar surface area (TPSA) is 90.5 Å². The number of nitrogens with zero attached hydrogens (tertiary/aromatic N) is 1. The van der Waals surface area contributed by atoms with Crippen molar-refractivity contribution in [3.8, 4) is 0 Å². The Bertz CT molecular complexity index is 727. The van der Waals surface area contributed by atoms with Crippen molar-refractivity contribution in [2.75, 3.05) is 24.2 Å². The summed E-state index contributed by atoms with van der Waals surface area (Å²) in [5.74, 6) is -0.971. The SMILES string of the molecule is CC(=O)Nc1ccc(NC(=O)N(C)CC(=O)NC(C)(C)C)c(C(F)(F)F)c1. The number of likely N-dealkylation sites (N-methyl/N-ethyl adjacent to an activating group) is 1. The van der Waals surface area contributed by atoms with Gasteiger partial charge in [0.1, 0.15) is 6.54 Å². The predicted molar refractivity (Wildman–Crippen MR) is 95.3 cm³/mol. The first-order valence-corrected chi connectivity index (χ1v) is 8.01. The summed E-state index contributed by atoms with van der Waals surface area (Å²) in [6.07, 6.45) is -4.75. The number of benzene rings is 1. The van der Waals surface area contributed by atoms with Crippen molar-refractivity contribution >= 4 is 29.2 Å². The van der Waals surface area contributed by atoms with Crippen LogP contribution in [-0.2, 0) is 15.8 Å². The zero-order chi connectivity index (χ0) is 21.0. The van der Waals surface area contributed by atoms with Gasteiger partial charge < -0.3 is 20.9 Å². The standard InChI is InChI=1S/C17H23F3N4O3/c1-10(25)21-11-6-7-13(12(8-11)17(18,19)20)22-15(27)24(5)9-14(26)23-16(2,3)4/h6-8H,9H2,1-5H3,(H,21,25)(H,22,27)(H,23,26). The maximum absolute atomic E-state index is 13.3. The lowest BCUT2D eigenvalue weighted by atomic mass is 10.1. The van der Waals surface area contributed by atoms with E-state index in [0.717, 1.165) is 17.0 Å². The van der Waals surface area contributed by atoms with E-state index in [0.29, 0.717) is 0 Å². The maximum atomic E-state index is 13.3. The van der Waals surface area contributed by atoms with Crippen molar-refractivity contribution in [1.82, 2.24) is 10.2 Å². The highest BCUT2D eigenvalue weighted by Gasteiger charge is 2.34. The molecule has 0 aromatic heterocycles. The molecule has 1 aromatic rings. The molecule has 0 unspecified atom stereocenters. The van der Waals surface area contributed by atoms with Crippen molar-refractivity contribution in [2.24, 2.45) is 0 Å². The summed E-state index contributed by atoms with van der Waals surface area (Å²) in [6, 6.07) is 2.12. The zero-order valence-corrected chi connectivity index (χ0v) is 15.7. The first kappa shape index (κ1) is 22.3. The van der Waals surface area contributed by atoms with Gasteiger partial charge in [0.15, 0.2) is 0 Å². The zero-order valence-electron chi connectivity index (χ0n) is 15.7. The molecule has 0 saturated heterocycles. The third-order valence-electron chi connectivity index (χ3n) is 3.13. The molecule has 1 rings (SSSR count). The minimum Gasteiger partial charge on any atom is -0.350 e. The van der Waals surface area contributed by atoms with Crippen molar-refractivity contribution in [3.63, 3.8) is 0 Å². The molecule has 0 aliphatic rings. The Morgan fingerprint density at radius 3 is 2.15 bits per heavy atom. The molecule has 0 aliphatic heterocycles. The molecule has 150 valence electrons. The van der Waals surface area contributed by atoms with Gasteiger partial charge in [0, 0.05) is 25.2 Å². The van der Waals surface area contributed by atoms with E-state index >= 15 is 0 Å². The number of urea groups is 1. The molecule has 0 saturated carbocycles. The summed E-state index contributed by atoms with van der Waals surface area (Å²) >= 11 is 0. The summed E-state index contributed by atoms with van der Waals surface area (Å²) in [4.78, 5) is 36.0. The van der Waals surface area contributed by atoms with Gasteiger partial charge in [-0.15, -0.1) is 0 Å².